The molecule has 0 unspecified atom stereocenters. The van der Waals surface area contributed by atoms with E-state index in [0.29, 0.717) is 6.54 Å². The van der Waals surface area contributed by atoms with E-state index in [1.54, 1.807) is 11.3 Å². The van der Waals surface area contributed by atoms with Gasteiger partial charge in [0.25, 0.3) is 0 Å². The van der Waals surface area contributed by atoms with E-state index in [-0.39, 0.29) is 5.91 Å². The number of thiophene rings is 1. The van der Waals surface area contributed by atoms with Crippen molar-refractivity contribution in [2.24, 2.45) is 0 Å². The lowest BCUT2D eigenvalue weighted by atomic mass is 10.2. The van der Waals surface area contributed by atoms with E-state index in [1.165, 1.54) is 5.56 Å². The summed E-state index contributed by atoms with van der Waals surface area (Å²) in [5.41, 5.74) is 3.31. The maximum absolute atomic E-state index is 11.7. The van der Waals surface area contributed by atoms with Gasteiger partial charge in [0, 0.05) is 18.8 Å². The van der Waals surface area contributed by atoms with Gasteiger partial charge in [-0.3, -0.25) is 4.79 Å². The van der Waals surface area contributed by atoms with Crippen molar-refractivity contribution in [2.75, 3.05) is 26.0 Å². The number of carbonyl (C=O) groups excluding carboxylic acids is 1. The third-order valence-corrected chi connectivity index (χ3v) is 3.64. The smallest absolute Gasteiger partial charge is 0.238 e. The fourth-order valence-corrected chi connectivity index (χ4v) is 2.66. The Morgan fingerprint density at radius 2 is 2.00 bits per heavy atom. The summed E-state index contributed by atoms with van der Waals surface area (Å²) in [6, 6.07) is 10.1. The highest BCUT2D eigenvalue weighted by atomic mass is 32.1. The van der Waals surface area contributed by atoms with Crippen LogP contribution in [0.5, 0.6) is 0 Å². The van der Waals surface area contributed by atoms with Crippen LogP contribution in [0.25, 0.3) is 0 Å². The molecule has 0 bridgehead atoms. The highest BCUT2D eigenvalue weighted by Gasteiger charge is 2.04. The molecule has 0 fully saturated rings. The van der Waals surface area contributed by atoms with Crippen molar-refractivity contribution in [1.82, 2.24) is 10.2 Å². The van der Waals surface area contributed by atoms with Crippen LogP contribution in [0.4, 0.5) is 5.69 Å². The van der Waals surface area contributed by atoms with Crippen molar-refractivity contribution in [3.8, 4) is 0 Å². The lowest BCUT2D eigenvalue weighted by molar-refractivity contribution is -0.116. The van der Waals surface area contributed by atoms with Crippen LogP contribution < -0.4 is 10.6 Å². The quantitative estimate of drug-likeness (QED) is 0.826. The molecule has 21 heavy (non-hydrogen) atoms. The summed E-state index contributed by atoms with van der Waals surface area (Å²) >= 11 is 1.71. The summed E-state index contributed by atoms with van der Waals surface area (Å²) in [5, 5.41) is 10.5. The standard InChI is InChI=1S/C16H21N3OS/c1-19(2)11-16(20)18-15-5-3-4-13(8-15)9-17-10-14-6-7-21-12-14/h3-8,12,17H,9-11H2,1-2H3,(H,18,20). The molecule has 0 spiro atoms. The molecule has 1 aromatic carbocycles. The second-order valence-electron chi connectivity index (χ2n) is 5.22. The van der Waals surface area contributed by atoms with Gasteiger partial charge < -0.3 is 15.5 Å². The van der Waals surface area contributed by atoms with Crippen LogP contribution >= 0.6 is 11.3 Å². The molecular weight excluding hydrogens is 282 g/mol. The van der Waals surface area contributed by atoms with Gasteiger partial charge in [0.2, 0.25) is 5.91 Å². The van der Waals surface area contributed by atoms with Gasteiger partial charge >= 0.3 is 0 Å². The Bertz CT molecular complexity index is 567. The van der Waals surface area contributed by atoms with E-state index >= 15 is 0 Å². The summed E-state index contributed by atoms with van der Waals surface area (Å²) < 4.78 is 0. The number of amides is 1. The molecule has 1 aromatic heterocycles. The first-order valence-corrected chi connectivity index (χ1v) is 7.83. The highest BCUT2D eigenvalue weighted by molar-refractivity contribution is 7.07. The third kappa shape index (κ3) is 5.67. The fourth-order valence-electron chi connectivity index (χ4n) is 1.99. The van der Waals surface area contributed by atoms with Gasteiger partial charge in [0.15, 0.2) is 0 Å². The Kier molecular flexibility index (Phi) is 5.92. The van der Waals surface area contributed by atoms with E-state index in [1.807, 2.05) is 37.2 Å². The minimum absolute atomic E-state index is 0.00313. The van der Waals surface area contributed by atoms with Crippen molar-refractivity contribution >= 4 is 22.9 Å². The molecule has 112 valence electrons. The number of hydrogen-bond donors (Lipinski definition) is 2. The van der Waals surface area contributed by atoms with Gasteiger partial charge in [-0.1, -0.05) is 12.1 Å². The van der Waals surface area contributed by atoms with Crippen LogP contribution in [-0.4, -0.2) is 31.4 Å². The lowest BCUT2D eigenvalue weighted by Crippen LogP contribution is -2.27. The zero-order valence-electron chi connectivity index (χ0n) is 12.4. The molecule has 0 aliphatic carbocycles. The molecule has 1 heterocycles. The molecule has 2 rings (SSSR count). The zero-order chi connectivity index (χ0) is 15.1. The van der Waals surface area contributed by atoms with Crippen LogP contribution in [0.2, 0.25) is 0 Å². The van der Waals surface area contributed by atoms with Crippen molar-refractivity contribution in [3.63, 3.8) is 0 Å². The topological polar surface area (TPSA) is 44.4 Å². The minimum Gasteiger partial charge on any atom is -0.325 e. The molecule has 0 aliphatic rings. The first kappa shape index (κ1) is 15.7. The van der Waals surface area contributed by atoms with Crippen LogP contribution in [0.15, 0.2) is 41.1 Å². The van der Waals surface area contributed by atoms with Crippen molar-refractivity contribution in [2.45, 2.75) is 13.1 Å². The summed E-state index contributed by atoms with van der Waals surface area (Å²) in [6.07, 6.45) is 0. The monoisotopic (exact) mass is 303 g/mol. The lowest BCUT2D eigenvalue weighted by Gasteiger charge is -2.11. The Morgan fingerprint density at radius 1 is 1.19 bits per heavy atom. The number of likely N-dealkylation sites (N-methyl/N-ethyl adjacent to an activating group) is 1. The highest BCUT2D eigenvalue weighted by Crippen LogP contribution is 2.11. The Labute approximate surface area is 129 Å². The van der Waals surface area contributed by atoms with E-state index < -0.39 is 0 Å². The molecule has 1 amide bonds. The predicted octanol–water partition coefficient (Wildman–Crippen LogP) is 2.54. The largest absolute Gasteiger partial charge is 0.325 e. The summed E-state index contributed by atoms with van der Waals surface area (Å²) in [7, 11) is 3.76. The van der Waals surface area contributed by atoms with E-state index in [2.05, 4.69) is 33.5 Å². The van der Waals surface area contributed by atoms with E-state index in [0.717, 1.165) is 24.3 Å². The molecular formula is C16H21N3OS. The molecule has 2 N–H and O–H groups in total. The van der Waals surface area contributed by atoms with Crippen molar-refractivity contribution in [3.05, 3.63) is 52.2 Å². The van der Waals surface area contributed by atoms with Gasteiger partial charge in [0.1, 0.15) is 0 Å². The summed E-state index contributed by atoms with van der Waals surface area (Å²) in [6.45, 7) is 2.04. The number of anilines is 1. The minimum atomic E-state index is 0.00313. The van der Waals surface area contributed by atoms with Gasteiger partial charge in [-0.05, 0) is 54.2 Å². The van der Waals surface area contributed by atoms with Crippen LogP contribution in [-0.2, 0) is 17.9 Å². The molecule has 5 heteroatoms. The number of nitrogens with one attached hydrogen (secondary N) is 2. The molecule has 2 aromatic rings. The second-order valence-corrected chi connectivity index (χ2v) is 6.00. The number of benzene rings is 1. The zero-order valence-corrected chi connectivity index (χ0v) is 13.2. The van der Waals surface area contributed by atoms with E-state index in [9.17, 15) is 4.79 Å². The maximum atomic E-state index is 11.7. The Hall–Kier alpha value is -1.69. The van der Waals surface area contributed by atoms with Gasteiger partial charge in [0.05, 0.1) is 6.54 Å². The first-order valence-electron chi connectivity index (χ1n) is 6.89. The average Bonchev–Trinajstić information content (AvgIpc) is 2.91. The average molecular weight is 303 g/mol. The summed E-state index contributed by atoms with van der Waals surface area (Å²) in [5.74, 6) is 0.00313. The van der Waals surface area contributed by atoms with Gasteiger partial charge in [-0.25, -0.2) is 0 Å². The van der Waals surface area contributed by atoms with Gasteiger partial charge in [-0.2, -0.15) is 11.3 Å². The maximum Gasteiger partial charge on any atom is 0.238 e. The first-order chi connectivity index (χ1) is 10.1. The van der Waals surface area contributed by atoms with Crippen LogP contribution in [0.1, 0.15) is 11.1 Å². The second kappa shape index (κ2) is 7.93. The van der Waals surface area contributed by atoms with E-state index in [4.69, 9.17) is 0 Å². The van der Waals surface area contributed by atoms with Gasteiger partial charge in [-0.15, -0.1) is 0 Å². The Balaban J connectivity index is 1.84. The molecule has 0 atom stereocenters. The molecule has 4 nitrogen and oxygen atoms in total. The number of carbonyl (C=O) groups is 1. The molecule has 0 saturated heterocycles. The Morgan fingerprint density at radius 3 is 2.71 bits per heavy atom. The van der Waals surface area contributed by atoms with Crippen LogP contribution in [0.3, 0.4) is 0 Å². The number of rotatable bonds is 7. The molecule has 0 aliphatic heterocycles. The van der Waals surface area contributed by atoms with Crippen molar-refractivity contribution in [1.29, 1.82) is 0 Å². The summed E-state index contributed by atoms with van der Waals surface area (Å²) in [4.78, 5) is 13.6. The molecule has 0 saturated carbocycles. The predicted molar refractivity (Wildman–Crippen MR) is 88.5 cm³/mol. The number of hydrogen-bond acceptors (Lipinski definition) is 4. The van der Waals surface area contributed by atoms with Crippen molar-refractivity contribution < 1.29 is 4.79 Å². The normalized spacial score (nSPS) is 10.8. The third-order valence-electron chi connectivity index (χ3n) is 2.91. The fraction of sp³-hybridized carbons (Fsp3) is 0.312. The van der Waals surface area contributed by atoms with Crippen LogP contribution in [0, 0.1) is 0 Å². The number of nitrogens with zero attached hydrogens (tertiary/aromatic N) is 1. The SMILES string of the molecule is CN(C)CC(=O)Nc1cccc(CNCc2ccsc2)c1. The molecule has 0 radical (unpaired) electrons.